The Morgan fingerprint density at radius 3 is 3.26 bits per heavy atom. The molecule has 1 N–H and O–H groups in total. The molecule has 1 atom stereocenters. The maximum Gasteiger partial charge on any atom is 0.234 e. The van der Waals surface area contributed by atoms with Gasteiger partial charge in [0.05, 0.1) is 5.75 Å². The Morgan fingerprint density at radius 1 is 1.53 bits per heavy atom. The minimum absolute atomic E-state index is 0.0342. The van der Waals surface area contributed by atoms with Crippen LogP contribution in [0.1, 0.15) is 13.3 Å². The second-order valence-corrected chi connectivity index (χ2v) is 6.93. The van der Waals surface area contributed by atoms with Crippen LogP contribution < -0.4 is 10.2 Å². The van der Waals surface area contributed by atoms with Crippen LogP contribution in [0.5, 0.6) is 0 Å². The van der Waals surface area contributed by atoms with E-state index in [1.165, 1.54) is 11.8 Å². The molecule has 0 bridgehead atoms. The van der Waals surface area contributed by atoms with Gasteiger partial charge in [-0.25, -0.2) is 9.97 Å². The van der Waals surface area contributed by atoms with Crippen molar-refractivity contribution in [1.29, 1.82) is 0 Å². The molecule has 0 spiro atoms. The monoisotopic (exact) mass is 296 g/mol. The number of amides is 1. The Balaban J connectivity index is 1.90. The van der Waals surface area contributed by atoms with Crippen molar-refractivity contribution >= 4 is 40.9 Å². The van der Waals surface area contributed by atoms with Crippen molar-refractivity contribution in [3.8, 4) is 0 Å². The molecule has 3 rings (SSSR count). The molecule has 1 saturated heterocycles. The van der Waals surface area contributed by atoms with Crippen LogP contribution in [0.4, 0.5) is 11.5 Å². The summed E-state index contributed by atoms with van der Waals surface area (Å²) in [6.45, 7) is 4.19. The lowest BCUT2D eigenvalue weighted by Gasteiger charge is -2.34. The van der Waals surface area contributed by atoms with Crippen molar-refractivity contribution < 1.29 is 4.79 Å². The van der Waals surface area contributed by atoms with Gasteiger partial charge in [-0.3, -0.25) is 4.79 Å². The summed E-state index contributed by atoms with van der Waals surface area (Å²) in [5, 5.41) is 4.46. The maximum atomic E-state index is 11.6. The number of carbonyl (C=O) groups is 1. The highest BCUT2D eigenvalue weighted by Crippen LogP contribution is 2.37. The average Bonchev–Trinajstić information content (AvgIpc) is 2.46. The number of hydrogen-bond donors (Lipinski definition) is 1. The third-order valence-corrected chi connectivity index (χ3v) is 5.65. The molecule has 1 amide bonds. The van der Waals surface area contributed by atoms with E-state index in [1.54, 1.807) is 6.33 Å². The van der Waals surface area contributed by atoms with Crippen LogP contribution in [0.25, 0.3) is 0 Å². The maximum absolute atomic E-state index is 11.6. The third-order valence-electron chi connectivity index (χ3n) is 3.29. The zero-order valence-electron chi connectivity index (χ0n) is 10.8. The van der Waals surface area contributed by atoms with Crippen molar-refractivity contribution in [2.45, 2.75) is 23.6 Å². The number of nitrogens with one attached hydrogen (secondary N) is 1. The van der Waals surface area contributed by atoms with Gasteiger partial charge in [-0.1, -0.05) is 18.7 Å². The van der Waals surface area contributed by atoms with Gasteiger partial charge < -0.3 is 10.2 Å². The Kier molecular flexibility index (Phi) is 3.83. The first-order valence-electron chi connectivity index (χ1n) is 6.42. The summed E-state index contributed by atoms with van der Waals surface area (Å²) in [6.07, 6.45) is 2.76. The van der Waals surface area contributed by atoms with Gasteiger partial charge in [-0.15, -0.1) is 0 Å². The number of aromatic nitrogens is 2. The van der Waals surface area contributed by atoms with E-state index in [2.05, 4.69) is 27.1 Å². The number of rotatable bonds is 2. The smallest absolute Gasteiger partial charge is 0.234 e. The van der Waals surface area contributed by atoms with Crippen LogP contribution in [0.2, 0.25) is 0 Å². The minimum atomic E-state index is 0.0342. The van der Waals surface area contributed by atoms with E-state index in [1.807, 2.05) is 11.8 Å². The van der Waals surface area contributed by atoms with Gasteiger partial charge in [0.1, 0.15) is 17.0 Å². The van der Waals surface area contributed by atoms with E-state index >= 15 is 0 Å². The summed E-state index contributed by atoms with van der Waals surface area (Å²) >= 11 is 3.51. The summed E-state index contributed by atoms with van der Waals surface area (Å²) < 4.78 is 0. The fourth-order valence-electron chi connectivity index (χ4n) is 2.29. The predicted octanol–water partition coefficient (Wildman–Crippen LogP) is 1.85. The van der Waals surface area contributed by atoms with Crippen molar-refractivity contribution in [2.75, 3.05) is 34.8 Å². The molecule has 1 aromatic heterocycles. The standard InChI is InChI=1S/C12H16N4OS2/c1-2-8-5-16(3-4-18-8)11-10-12(14-7-13-11)19-6-9(17)15-10/h7-8H,2-6H2,1H3,(H,15,17). The molecule has 1 unspecified atom stereocenters. The van der Waals surface area contributed by atoms with Gasteiger partial charge in [0, 0.05) is 24.1 Å². The Morgan fingerprint density at radius 2 is 2.42 bits per heavy atom. The molecule has 1 aromatic rings. The summed E-state index contributed by atoms with van der Waals surface area (Å²) in [6, 6.07) is 0. The fourth-order valence-corrected chi connectivity index (χ4v) is 4.22. The van der Waals surface area contributed by atoms with E-state index in [-0.39, 0.29) is 5.91 Å². The number of hydrogen-bond acceptors (Lipinski definition) is 6. The largest absolute Gasteiger partial charge is 0.353 e. The Hall–Kier alpha value is -0.950. The molecule has 0 aliphatic carbocycles. The SMILES string of the molecule is CCC1CN(c2ncnc3c2NC(=O)CS3)CCS1. The summed E-state index contributed by atoms with van der Waals surface area (Å²) in [7, 11) is 0. The average molecular weight is 296 g/mol. The lowest BCUT2D eigenvalue weighted by Crippen LogP contribution is -2.39. The van der Waals surface area contributed by atoms with Gasteiger partial charge in [-0.05, 0) is 6.42 Å². The van der Waals surface area contributed by atoms with Crippen LogP contribution in [-0.2, 0) is 4.79 Å². The van der Waals surface area contributed by atoms with Gasteiger partial charge in [0.25, 0.3) is 0 Å². The van der Waals surface area contributed by atoms with Gasteiger partial charge in [-0.2, -0.15) is 11.8 Å². The highest BCUT2D eigenvalue weighted by atomic mass is 32.2. The second-order valence-electron chi connectivity index (χ2n) is 4.56. The van der Waals surface area contributed by atoms with E-state index < -0.39 is 0 Å². The van der Waals surface area contributed by atoms with E-state index in [4.69, 9.17) is 0 Å². The first-order valence-corrected chi connectivity index (χ1v) is 8.45. The molecular formula is C12H16N4OS2. The van der Waals surface area contributed by atoms with E-state index in [0.717, 1.165) is 41.8 Å². The first kappa shape index (κ1) is 13.1. The first-order chi connectivity index (χ1) is 9.28. The van der Waals surface area contributed by atoms with Crippen molar-refractivity contribution in [3.05, 3.63) is 6.33 Å². The molecule has 3 heterocycles. The van der Waals surface area contributed by atoms with E-state index in [0.29, 0.717) is 11.0 Å². The summed E-state index contributed by atoms with van der Waals surface area (Å²) in [5.41, 5.74) is 0.797. The van der Waals surface area contributed by atoms with Gasteiger partial charge in [0.15, 0.2) is 5.82 Å². The Bertz CT molecular complexity index is 497. The predicted molar refractivity (Wildman–Crippen MR) is 80.1 cm³/mol. The van der Waals surface area contributed by atoms with Crippen LogP contribution >= 0.6 is 23.5 Å². The number of carbonyl (C=O) groups excluding carboxylic acids is 1. The number of thioether (sulfide) groups is 2. The zero-order chi connectivity index (χ0) is 13.2. The fraction of sp³-hybridized carbons (Fsp3) is 0.583. The highest BCUT2D eigenvalue weighted by molar-refractivity contribution is 8.00. The zero-order valence-corrected chi connectivity index (χ0v) is 12.4. The normalized spacial score (nSPS) is 22.9. The molecule has 2 aliphatic rings. The number of fused-ring (bicyclic) bond motifs is 1. The molecule has 0 saturated carbocycles. The van der Waals surface area contributed by atoms with Crippen LogP contribution in [0, 0.1) is 0 Å². The molecule has 102 valence electrons. The third kappa shape index (κ3) is 2.67. The second kappa shape index (κ2) is 5.58. The summed E-state index contributed by atoms with van der Waals surface area (Å²) in [4.78, 5) is 22.5. The lowest BCUT2D eigenvalue weighted by atomic mass is 10.3. The molecule has 2 aliphatic heterocycles. The summed E-state index contributed by atoms with van der Waals surface area (Å²) in [5.74, 6) is 2.46. The lowest BCUT2D eigenvalue weighted by molar-refractivity contribution is -0.113. The molecule has 0 radical (unpaired) electrons. The molecule has 0 aromatic carbocycles. The van der Waals surface area contributed by atoms with Crippen molar-refractivity contribution in [3.63, 3.8) is 0 Å². The molecule has 5 nitrogen and oxygen atoms in total. The van der Waals surface area contributed by atoms with E-state index in [9.17, 15) is 4.79 Å². The highest BCUT2D eigenvalue weighted by Gasteiger charge is 2.26. The van der Waals surface area contributed by atoms with Crippen molar-refractivity contribution in [2.24, 2.45) is 0 Å². The number of nitrogens with zero attached hydrogens (tertiary/aromatic N) is 3. The molecule has 19 heavy (non-hydrogen) atoms. The quantitative estimate of drug-likeness (QED) is 0.841. The molecular weight excluding hydrogens is 280 g/mol. The van der Waals surface area contributed by atoms with Gasteiger partial charge in [0.2, 0.25) is 5.91 Å². The molecule has 7 heteroatoms. The van der Waals surface area contributed by atoms with Crippen LogP contribution in [-0.4, -0.2) is 45.7 Å². The minimum Gasteiger partial charge on any atom is -0.353 e. The molecule has 1 fully saturated rings. The van der Waals surface area contributed by atoms with Gasteiger partial charge >= 0.3 is 0 Å². The van der Waals surface area contributed by atoms with Crippen molar-refractivity contribution in [1.82, 2.24) is 9.97 Å². The van der Waals surface area contributed by atoms with Crippen LogP contribution in [0.3, 0.4) is 0 Å². The number of anilines is 2. The topological polar surface area (TPSA) is 58.1 Å². The van der Waals surface area contributed by atoms with Crippen LogP contribution in [0.15, 0.2) is 11.4 Å². The Labute approximate surface area is 120 Å².